The quantitative estimate of drug-likeness (QED) is 0.660. The number of aryl methyl sites for hydroxylation is 1. The lowest BCUT2D eigenvalue weighted by Crippen LogP contribution is -2.58. The van der Waals surface area contributed by atoms with Crippen LogP contribution in [0.25, 0.3) is 0 Å². The van der Waals surface area contributed by atoms with Crippen LogP contribution in [0, 0.1) is 37.0 Å². The van der Waals surface area contributed by atoms with Crippen LogP contribution in [0.5, 0.6) is 0 Å². The van der Waals surface area contributed by atoms with Gasteiger partial charge in [0.1, 0.15) is 0 Å². The van der Waals surface area contributed by atoms with Crippen molar-refractivity contribution < 1.29 is 18.0 Å². The fourth-order valence-corrected chi connectivity index (χ4v) is 7.95. The molecule has 0 spiro atoms. The first-order chi connectivity index (χ1) is 16.0. The number of carbonyl (C=O) groups is 2. The average Bonchev–Trinajstić information content (AvgIpc) is 2.75. The number of hydrogen-bond acceptors (Lipinski definition) is 5. The van der Waals surface area contributed by atoms with Crippen molar-refractivity contribution in [1.82, 2.24) is 9.80 Å². The summed E-state index contributed by atoms with van der Waals surface area (Å²) in [5.74, 6) is 2.41. The van der Waals surface area contributed by atoms with Gasteiger partial charge in [-0.3, -0.25) is 14.5 Å². The molecule has 1 aromatic carbocycles. The van der Waals surface area contributed by atoms with Crippen LogP contribution in [0.4, 0.5) is 5.69 Å². The van der Waals surface area contributed by atoms with E-state index in [0.29, 0.717) is 37.8 Å². The van der Waals surface area contributed by atoms with Crippen LogP contribution in [0.3, 0.4) is 0 Å². The molecular weight excluding hydrogens is 452 g/mol. The number of sulfonamides is 1. The molecule has 0 radical (unpaired) electrons. The number of piperazine rings is 1. The lowest BCUT2D eigenvalue weighted by atomic mass is 9.49. The highest BCUT2D eigenvalue weighted by atomic mass is 32.2. The van der Waals surface area contributed by atoms with Gasteiger partial charge in [0.2, 0.25) is 21.8 Å². The van der Waals surface area contributed by atoms with Crippen molar-refractivity contribution in [3.8, 4) is 0 Å². The van der Waals surface area contributed by atoms with Gasteiger partial charge in [-0.1, -0.05) is 0 Å². The number of carbonyl (C=O) groups excluding carboxylic acids is 2. The van der Waals surface area contributed by atoms with Crippen molar-refractivity contribution in [3.63, 3.8) is 0 Å². The number of amides is 2. The molecule has 6 rings (SSSR count). The Labute approximate surface area is 202 Å². The van der Waals surface area contributed by atoms with Crippen molar-refractivity contribution >= 4 is 27.5 Å². The Morgan fingerprint density at radius 3 is 2.09 bits per heavy atom. The maximum absolute atomic E-state index is 13.6. The zero-order valence-corrected chi connectivity index (χ0v) is 21.0. The summed E-state index contributed by atoms with van der Waals surface area (Å²) in [6.45, 7) is 6.49. The Bertz CT molecular complexity index is 1070. The molecule has 34 heavy (non-hydrogen) atoms. The monoisotopic (exact) mass is 488 g/mol. The fourth-order valence-electron chi connectivity index (χ4n) is 7.33. The van der Waals surface area contributed by atoms with Crippen LogP contribution < -0.4 is 10.5 Å². The van der Waals surface area contributed by atoms with Gasteiger partial charge in [0.05, 0.1) is 16.9 Å². The number of nitrogens with two attached hydrogens (primary N) is 1. The molecule has 4 saturated carbocycles. The Hall–Kier alpha value is -1.97. The first kappa shape index (κ1) is 23.8. The summed E-state index contributed by atoms with van der Waals surface area (Å²) in [5.41, 5.74) is 1.91. The molecule has 3 N–H and O–H groups in total. The summed E-state index contributed by atoms with van der Waals surface area (Å²) >= 11 is 0. The molecule has 0 unspecified atom stereocenters. The lowest BCUT2D eigenvalue weighted by molar-refractivity contribution is -0.159. The maximum Gasteiger partial charge on any atom is 0.238 e. The second-order valence-corrected chi connectivity index (χ2v) is 12.8. The van der Waals surface area contributed by atoms with Crippen molar-refractivity contribution in [3.05, 3.63) is 23.3 Å². The van der Waals surface area contributed by atoms with E-state index in [2.05, 4.69) is 10.2 Å². The fraction of sp³-hybridized carbons (Fsp3) is 0.680. The third-order valence-electron chi connectivity index (χ3n) is 8.76. The van der Waals surface area contributed by atoms with Gasteiger partial charge in [0.15, 0.2) is 0 Å². The molecular formula is C25H36N4O4S. The predicted octanol–water partition coefficient (Wildman–Crippen LogP) is 2.25. The van der Waals surface area contributed by atoms with E-state index in [-0.39, 0.29) is 22.8 Å². The van der Waals surface area contributed by atoms with Crippen molar-refractivity contribution in [1.29, 1.82) is 0 Å². The topological polar surface area (TPSA) is 113 Å². The highest BCUT2D eigenvalue weighted by Crippen LogP contribution is 2.60. The van der Waals surface area contributed by atoms with Crippen LogP contribution in [-0.4, -0.2) is 62.8 Å². The van der Waals surface area contributed by atoms with Gasteiger partial charge in [0, 0.05) is 31.9 Å². The van der Waals surface area contributed by atoms with Gasteiger partial charge < -0.3 is 10.2 Å². The second kappa shape index (κ2) is 8.60. The predicted molar refractivity (Wildman–Crippen MR) is 130 cm³/mol. The number of anilines is 1. The van der Waals surface area contributed by atoms with Crippen LogP contribution in [0.15, 0.2) is 17.0 Å². The van der Waals surface area contributed by atoms with Gasteiger partial charge in [0.25, 0.3) is 0 Å². The smallest absolute Gasteiger partial charge is 0.238 e. The van der Waals surface area contributed by atoms with Crippen LogP contribution in [-0.2, 0) is 19.6 Å². The van der Waals surface area contributed by atoms with Gasteiger partial charge in [-0.05, 0) is 93.4 Å². The van der Waals surface area contributed by atoms with Crippen molar-refractivity contribution in [2.24, 2.45) is 28.3 Å². The van der Waals surface area contributed by atoms with Crippen molar-refractivity contribution in [2.75, 3.05) is 38.0 Å². The molecule has 9 heteroatoms. The van der Waals surface area contributed by atoms with E-state index in [4.69, 9.17) is 5.14 Å². The Balaban J connectivity index is 1.17. The van der Waals surface area contributed by atoms with E-state index in [0.717, 1.165) is 48.1 Å². The van der Waals surface area contributed by atoms with Gasteiger partial charge in [-0.25, -0.2) is 13.6 Å². The zero-order chi connectivity index (χ0) is 24.3. The standard InChI is InChI=1S/C25H36N4O4S/c1-16-7-21(34(26,32)33)11-22(17(16)2)27-23(30)15-28-3-5-29(6-4-28)24(31)25-12-18-8-19(13-25)10-20(9-18)14-25/h7,11,18-20H,3-6,8-10,12-15H2,1-2H3,(H,27,30)(H2,26,32,33). The van der Waals surface area contributed by atoms with Crippen LogP contribution in [0.2, 0.25) is 0 Å². The molecule has 4 aliphatic carbocycles. The highest BCUT2D eigenvalue weighted by molar-refractivity contribution is 7.89. The van der Waals surface area contributed by atoms with E-state index in [1.807, 2.05) is 11.8 Å². The summed E-state index contributed by atoms with van der Waals surface area (Å²) in [6.07, 6.45) is 7.22. The Morgan fingerprint density at radius 1 is 1.00 bits per heavy atom. The molecule has 1 saturated heterocycles. The van der Waals surface area contributed by atoms with E-state index in [9.17, 15) is 18.0 Å². The molecule has 0 aromatic heterocycles. The third kappa shape index (κ3) is 4.50. The largest absolute Gasteiger partial charge is 0.340 e. The number of nitrogens with one attached hydrogen (secondary N) is 1. The summed E-state index contributed by atoms with van der Waals surface area (Å²) in [4.78, 5) is 30.4. The first-order valence-corrected chi connectivity index (χ1v) is 14.0. The van der Waals surface area contributed by atoms with E-state index in [1.165, 1.54) is 31.4 Å². The maximum atomic E-state index is 13.6. The second-order valence-electron chi connectivity index (χ2n) is 11.3. The zero-order valence-electron chi connectivity index (χ0n) is 20.2. The first-order valence-electron chi connectivity index (χ1n) is 12.5. The van der Waals surface area contributed by atoms with Crippen LogP contribution in [0.1, 0.15) is 49.7 Å². The summed E-state index contributed by atoms with van der Waals surface area (Å²) in [7, 11) is -3.86. The molecule has 5 aliphatic rings. The molecule has 1 heterocycles. The van der Waals surface area contributed by atoms with Gasteiger partial charge >= 0.3 is 0 Å². The van der Waals surface area contributed by atoms with E-state index >= 15 is 0 Å². The van der Waals surface area contributed by atoms with Crippen molar-refractivity contribution in [2.45, 2.75) is 57.3 Å². The molecule has 1 aliphatic heterocycles. The number of hydrogen-bond donors (Lipinski definition) is 2. The van der Waals surface area contributed by atoms with Gasteiger partial charge in [-0.15, -0.1) is 0 Å². The molecule has 0 atom stereocenters. The molecule has 186 valence electrons. The van der Waals surface area contributed by atoms with Gasteiger partial charge in [-0.2, -0.15) is 0 Å². The molecule has 8 nitrogen and oxygen atoms in total. The van der Waals surface area contributed by atoms with E-state index in [1.54, 1.807) is 6.92 Å². The average molecular weight is 489 g/mol. The minimum atomic E-state index is -3.86. The number of rotatable bonds is 5. The molecule has 5 fully saturated rings. The Morgan fingerprint density at radius 2 is 1.56 bits per heavy atom. The SMILES string of the molecule is Cc1cc(S(N)(=O)=O)cc(NC(=O)CN2CCN(C(=O)C34CC5CC(CC(C5)C3)C4)CC2)c1C. The van der Waals surface area contributed by atoms with E-state index < -0.39 is 10.0 Å². The summed E-state index contributed by atoms with van der Waals surface area (Å²) in [6, 6.07) is 2.93. The Kier molecular flexibility index (Phi) is 6.01. The molecule has 2 amide bonds. The van der Waals surface area contributed by atoms with Crippen LogP contribution >= 0.6 is 0 Å². The minimum Gasteiger partial charge on any atom is -0.340 e. The number of benzene rings is 1. The molecule has 4 bridgehead atoms. The highest BCUT2D eigenvalue weighted by Gasteiger charge is 2.55. The summed E-state index contributed by atoms with van der Waals surface area (Å²) in [5, 5.41) is 8.13. The minimum absolute atomic E-state index is 0.0114. The summed E-state index contributed by atoms with van der Waals surface area (Å²) < 4.78 is 23.5. The lowest BCUT2D eigenvalue weighted by Gasteiger charge is -2.57. The molecule has 1 aromatic rings. The number of primary sulfonamides is 1. The number of nitrogens with zero attached hydrogens (tertiary/aromatic N) is 2. The third-order valence-corrected chi connectivity index (χ3v) is 9.65. The normalized spacial score (nSPS) is 31.0.